The Morgan fingerprint density at radius 3 is 2.83 bits per heavy atom. The Hall–Kier alpha value is -2.51. The predicted octanol–water partition coefficient (Wildman–Crippen LogP) is 4.22. The minimum absolute atomic E-state index is 0.264. The van der Waals surface area contributed by atoms with E-state index in [2.05, 4.69) is 15.3 Å². The van der Waals surface area contributed by atoms with Gasteiger partial charge in [-0.25, -0.2) is 4.39 Å². The molecule has 0 atom stereocenters. The quantitative estimate of drug-likeness (QED) is 0.546. The maximum atomic E-state index is 13.4. The molecule has 2 aromatic carbocycles. The molecule has 4 rings (SSSR count). The van der Waals surface area contributed by atoms with Crippen molar-refractivity contribution >= 4 is 27.9 Å². The van der Waals surface area contributed by atoms with E-state index in [0.29, 0.717) is 27.1 Å². The molecule has 0 saturated carbocycles. The zero-order valence-electron chi connectivity index (χ0n) is 12.2. The summed E-state index contributed by atoms with van der Waals surface area (Å²) in [5, 5.41) is 13.9. The maximum Gasteiger partial charge on any atom is 0.235 e. The van der Waals surface area contributed by atoms with E-state index in [0.717, 1.165) is 5.01 Å². The standard InChI is InChI=1S/C16H10ClFN4OS/c17-12-6-1-2-7-13(12)23-9-14-21-22-15(19-20-16(22)24-14)10-4-3-5-11(18)8-10/h1-8H,9H2. The summed E-state index contributed by atoms with van der Waals surface area (Å²) >= 11 is 7.42. The molecule has 0 aliphatic rings. The number of halogens is 2. The van der Waals surface area contributed by atoms with E-state index in [1.807, 2.05) is 12.1 Å². The molecule has 8 heteroatoms. The molecule has 0 fully saturated rings. The fourth-order valence-electron chi connectivity index (χ4n) is 2.22. The lowest BCUT2D eigenvalue weighted by Gasteiger charge is -2.04. The van der Waals surface area contributed by atoms with Gasteiger partial charge in [0.1, 0.15) is 18.2 Å². The fourth-order valence-corrected chi connectivity index (χ4v) is 3.16. The molecular weight excluding hydrogens is 351 g/mol. The van der Waals surface area contributed by atoms with Crippen LogP contribution in [0, 0.1) is 5.82 Å². The smallest absolute Gasteiger partial charge is 0.235 e. The van der Waals surface area contributed by atoms with Gasteiger partial charge in [-0.3, -0.25) is 0 Å². The number of rotatable bonds is 4. The molecule has 0 aliphatic heterocycles. The van der Waals surface area contributed by atoms with Crippen molar-refractivity contribution in [2.45, 2.75) is 6.61 Å². The van der Waals surface area contributed by atoms with E-state index in [-0.39, 0.29) is 12.4 Å². The maximum absolute atomic E-state index is 13.4. The highest BCUT2D eigenvalue weighted by molar-refractivity contribution is 7.16. The molecule has 0 unspecified atom stereocenters. The van der Waals surface area contributed by atoms with Crippen molar-refractivity contribution in [1.82, 2.24) is 19.8 Å². The number of aromatic nitrogens is 4. The van der Waals surface area contributed by atoms with Gasteiger partial charge in [0, 0.05) is 5.56 Å². The summed E-state index contributed by atoms with van der Waals surface area (Å²) in [7, 11) is 0. The largest absolute Gasteiger partial charge is 0.485 e. The SMILES string of the molecule is Fc1cccc(-c2nnc3sc(COc4ccccc4Cl)nn23)c1. The first kappa shape index (κ1) is 15.0. The summed E-state index contributed by atoms with van der Waals surface area (Å²) in [5.41, 5.74) is 0.617. The third kappa shape index (κ3) is 2.83. The molecular formula is C16H10ClFN4OS. The molecule has 0 N–H and O–H groups in total. The Kier molecular flexibility index (Phi) is 3.87. The van der Waals surface area contributed by atoms with Crippen LogP contribution in [0.3, 0.4) is 0 Å². The molecule has 4 aromatic rings. The molecule has 0 bridgehead atoms. The second-order valence-electron chi connectivity index (χ2n) is 4.94. The van der Waals surface area contributed by atoms with Crippen molar-refractivity contribution in [2.75, 3.05) is 0 Å². The summed E-state index contributed by atoms with van der Waals surface area (Å²) in [6, 6.07) is 13.4. The second-order valence-corrected chi connectivity index (χ2v) is 6.39. The van der Waals surface area contributed by atoms with E-state index in [4.69, 9.17) is 16.3 Å². The van der Waals surface area contributed by atoms with Crippen LogP contribution in [-0.2, 0) is 6.61 Å². The van der Waals surface area contributed by atoms with Crippen LogP contribution in [-0.4, -0.2) is 19.8 Å². The average molecular weight is 361 g/mol. The Labute approximate surface area is 145 Å². The number of ether oxygens (including phenoxy) is 1. The van der Waals surface area contributed by atoms with Gasteiger partial charge in [-0.1, -0.05) is 47.2 Å². The van der Waals surface area contributed by atoms with Gasteiger partial charge in [0.25, 0.3) is 0 Å². The molecule has 0 spiro atoms. The zero-order chi connectivity index (χ0) is 16.5. The predicted molar refractivity (Wildman–Crippen MR) is 89.8 cm³/mol. The van der Waals surface area contributed by atoms with Crippen LogP contribution in [0.15, 0.2) is 48.5 Å². The molecule has 120 valence electrons. The highest BCUT2D eigenvalue weighted by Crippen LogP contribution is 2.26. The summed E-state index contributed by atoms with van der Waals surface area (Å²) < 4.78 is 20.7. The topological polar surface area (TPSA) is 52.3 Å². The summed E-state index contributed by atoms with van der Waals surface area (Å²) in [5.74, 6) is 0.752. The molecule has 2 heterocycles. The van der Waals surface area contributed by atoms with Crippen LogP contribution < -0.4 is 4.74 Å². The minimum atomic E-state index is -0.332. The molecule has 2 aromatic heterocycles. The fraction of sp³-hybridized carbons (Fsp3) is 0.0625. The van der Waals surface area contributed by atoms with Crippen molar-refractivity contribution < 1.29 is 9.13 Å². The highest BCUT2D eigenvalue weighted by atomic mass is 35.5. The zero-order valence-corrected chi connectivity index (χ0v) is 13.8. The Bertz CT molecular complexity index is 1020. The first-order valence-electron chi connectivity index (χ1n) is 7.05. The van der Waals surface area contributed by atoms with Gasteiger partial charge >= 0.3 is 0 Å². The number of nitrogens with zero attached hydrogens (tertiary/aromatic N) is 4. The van der Waals surface area contributed by atoms with Gasteiger partial charge in [-0.15, -0.1) is 10.2 Å². The van der Waals surface area contributed by atoms with Crippen LogP contribution in [0.25, 0.3) is 16.3 Å². The van der Waals surface area contributed by atoms with Crippen LogP contribution in [0.4, 0.5) is 4.39 Å². The Morgan fingerprint density at radius 2 is 2.00 bits per heavy atom. The Morgan fingerprint density at radius 1 is 1.12 bits per heavy atom. The average Bonchev–Trinajstić information content (AvgIpc) is 3.14. The monoisotopic (exact) mass is 360 g/mol. The van der Waals surface area contributed by atoms with E-state index in [9.17, 15) is 4.39 Å². The van der Waals surface area contributed by atoms with Crippen LogP contribution in [0.2, 0.25) is 5.02 Å². The van der Waals surface area contributed by atoms with E-state index in [1.54, 1.807) is 28.8 Å². The molecule has 24 heavy (non-hydrogen) atoms. The molecule has 0 radical (unpaired) electrons. The van der Waals surface area contributed by atoms with Crippen molar-refractivity contribution in [3.8, 4) is 17.1 Å². The molecule has 0 aliphatic carbocycles. The first-order valence-corrected chi connectivity index (χ1v) is 8.24. The third-order valence-corrected chi connectivity index (χ3v) is 4.49. The number of hydrogen-bond donors (Lipinski definition) is 0. The van der Waals surface area contributed by atoms with Crippen LogP contribution >= 0.6 is 22.9 Å². The Balaban J connectivity index is 1.61. The van der Waals surface area contributed by atoms with Gasteiger partial charge in [0.05, 0.1) is 5.02 Å². The van der Waals surface area contributed by atoms with E-state index in [1.165, 1.54) is 23.5 Å². The molecule has 5 nitrogen and oxygen atoms in total. The van der Waals surface area contributed by atoms with E-state index < -0.39 is 0 Å². The number of fused-ring (bicyclic) bond motifs is 1. The number of hydrogen-bond acceptors (Lipinski definition) is 5. The molecule has 0 saturated heterocycles. The lowest BCUT2D eigenvalue weighted by atomic mass is 10.2. The third-order valence-electron chi connectivity index (χ3n) is 3.30. The second kappa shape index (κ2) is 6.18. The summed E-state index contributed by atoms with van der Waals surface area (Å²) in [4.78, 5) is 0.618. The summed E-state index contributed by atoms with van der Waals surface area (Å²) in [6.07, 6.45) is 0. The van der Waals surface area contributed by atoms with E-state index >= 15 is 0 Å². The van der Waals surface area contributed by atoms with Crippen molar-refractivity contribution in [2.24, 2.45) is 0 Å². The van der Waals surface area contributed by atoms with Crippen molar-refractivity contribution in [3.63, 3.8) is 0 Å². The van der Waals surface area contributed by atoms with Gasteiger partial charge in [0.15, 0.2) is 10.8 Å². The lowest BCUT2D eigenvalue weighted by Crippen LogP contribution is -1.98. The van der Waals surface area contributed by atoms with Crippen LogP contribution in [0.1, 0.15) is 5.01 Å². The number of para-hydroxylation sites is 1. The summed E-state index contributed by atoms with van der Waals surface area (Å²) in [6.45, 7) is 0.264. The van der Waals surface area contributed by atoms with Gasteiger partial charge in [-0.2, -0.15) is 9.61 Å². The van der Waals surface area contributed by atoms with Crippen LogP contribution in [0.5, 0.6) is 5.75 Å². The minimum Gasteiger partial charge on any atom is -0.485 e. The molecule has 0 amide bonds. The lowest BCUT2D eigenvalue weighted by molar-refractivity contribution is 0.304. The van der Waals surface area contributed by atoms with Gasteiger partial charge in [0.2, 0.25) is 4.96 Å². The first-order chi connectivity index (χ1) is 11.7. The van der Waals surface area contributed by atoms with Gasteiger partial charge in [-0.05, 0) is 24.3 Å². The van der Waals surface area contributed by atoms with Crippen molar-refractivity contribution in [3.05, 3.63) is 64.4 Å². The highest BCUT2D eigenvalue weighted by Gasteiger charge is 2.14. The van der Waals surface area contributed by atoms with Gasteiger partial charge < -0.3 is 4.74 Å². The normalized spacial score (nSPS) is 11.1. The van der Waals surface area contributed by atoms with Crippen molar-refractivity contribution in [1.29, 1.82) is 0 Å². The number of benzene rings is 2.